The van der Waals surface area contributed by atoms with Crippen LogP contribution in [0.4, 0.5) is 18.9 Å². The maximum Gasteiger partial charge on any atom is 0.416 e. The van der Waals surface area contributed by atoms with Crippen molar-refractivity contribution in [2.45, 2.75) is 64.6 Å². The Hall–Kier alpha value is -3.22. The number of amides is 1. The number of hydrogen-bond donors (Lipinski definition) is 1. The third-order valence-electron chi connectivity index (χ3n) is 7.35. The fourth-order valence-electron chi connectivity index (χ4n) is 5.35. The molecule has 0 aliphatic heterocycles. The average Bonchev–Trinajstić information content (AvgIpc) is 3.28. The predicted octanol–water partition coefficient (Wildman–Crippen LogP) is 8.02. The molecule has 1 aliphatic rings. The SMILES string of the molecule is CCCN(C)C(=O)c1ccc(NC(c2cn(-c3cccc(C(F)(F)F)c3)cc2C)C2CCCCC2)cc1. The molecule has 4 rings (SSSR count). The van der Waals surface area contributed by atoms with Crippen molar-refractivity contribution < 1.29 is 18.0 Å². The second-order valence-electron chi connectivity index (χ2n) is 10.2. The minimum atomic E-state index is -4.38. The van der Waals surface area contributed by atoms with Gasteiger partial charge >= 0.3 is 6.18 Å². The number of nitrogens with one attached hydrogen (secondary N) is 1. The minimum absolute atomic E-state index is 0.00578. The van der Waals surface area contributed by atoms with Gasteiger partial charge in [0.1, 0.15) is 0 Å². The number of nitrogens with zero attached hydrogens (tertiary/aromatic N) is 2. The smallest absolute Gasteiger partial charge is 0.378 e. The Morgan fingerprint density at radius 3 is 2.43 bits per heavy atom. The van der Waals surface area contributed by atoms with Crippen LogP contribution in [-0.4, -0.2) is 29.0 Å². The van der Waals surface area contributed by atoms with E-state index in [9.17, 15) is 18.0 Å². The van der Waals surface area contributed by atoms with E-state index in [0.29, 0.717) is 23.7 Å². The summed E-state index contributed by atoms with van der Waals surface area (Å²) in [6.45, 7) is 4.78. The zero-order valence-electron chi connectivity index (χ0n) is 21.8. The van der Waals surface area contributed by atoms with E-state index in [4.69, 9.17) is 0 Å². The number of alkyl halides is 3. The predicted molar refractivity (Wildman–Crippen MR) is 142 cm³/mol. The first kappa shape index (κ1) is 26.8. The highest BCUT2D eigenvalue weighted by Crippen LogP contribution is 2.39. The molecule has 1 fully saturated rings. The Balaban J connectivity index is 1.62. The number of carbonyl (C=O) groups is 1. The van der Waals surface area contributed by atoms with E-state index < -0.39 is 11.7 Å². The van der Waals surface area contributed by atoms with Crippen LogP contribution in [0, 0.1) is 12.8 Å². The molecule has 1 saturated carbocycles. The van der Waals surface area contributed by atoms with Gasteiger partial charge in [-0.15, -0.1) is 0 Å². The average molecular weight is 512 g/mol. The van der Waals surface area contributed by atoms with Crippen LogP contribution < -0.4 is 5.32 Å². The fourth-order valence-corrected chi connectivity index (χ4v) is 5.35. The molecule has 1 heterocycles. The summed E-state index contributed by atoms with van der Waals surface area (Å²) in [5, 5.41) is 3.71. The molecule has 1 unspecified atom stereocenters. The molecular formula is C30H36F3N3O. The van der Waals surface area contributed by atoms with Gasteiger partial charge in [0.15, 0.2) is 0 Å². The lowest BCUT2D eigenvalue weighted by atomic mass is 9.81. The number of anilines is 1. The van der Waals surface area contributed by atoms with Crippen LogP contribution in [0.2, 0.25) is 0 Å². The molecule has 198 valence electrons. The van der Waals surface area contributed by atoms with E-state index >= 15 is 0 Å². The van der Waals surface area contributed by atoms with Crippen LogP contribution in [0.1, 0.15) is 78.5 Å². The zero-order valence-corrected chi connectivity index (χ0v) is 21.8. The molecule has 0 radical (unpaired) electrons. The summed E-state index contributed by atoms with van der Waals surface area (Å²) in [5.74, 6) is 0.424. The van der Waals surface area contributed by atoms with Gasteiger partial charge in [0.25, 0.3) is 5.91 Å². The standard InChI is InChI=1S/C30H36F3N3O/c1-4-17-35(3)29(37)23-13-15-25(16-14-23)34-28(22-9-6-5-7-10-22)27-20-36(19-21(27)2)26-12-8-11-24(18-26)30(31,32)33/h8,11-16,18-20,22,28,34H,4-7,9-10,17H2,1-3H3. The van der Waals surface area contributed by atoms with Gasteiger partial charge in [-0.3, -0.25) is 4.79 Å². The molecule has 0 spiro atoms. The molecule has 37 heavy (non-hydrogen) atoms. The quantitative estimate of drug-likeness (QED) is 0.332. The van der Waals surface area contributed by atoms with Crippen molar-refractivity contribution in [1.82, 2.24) is 9.47 Å². The van der Waals surface area contributed by atoms with E-state index in [0.717, 1.165) is 42.1 Å². The van der Waals surface area contributed by atoms with Crippen LogP contribution in [-0.2, 0) is 6.18 Å². The molecule has 1 amide bonds. The van der Waals surface area contributed by atoms with Gasteiger partial charge in [-0.05, 0) is 85.7 Å². The molecule has 0 bridgehead atoms. The first-order chi connectivity index (χ1) is 17.7. The van der Waals surface area contributed by atoms with Crippen LogP contribution >= 0.6 is 0 Å². The largest absolute Gasteiger partial charge is 0.416 e. The normalized spacial score (nSPS) is 15.4. The Labute approximate surface area is 217 Å². The van der Waals surface area contributed by atoms with Crippen molar-refractivity contribution in [2.24, 2.45) is 5.92 Å². The number of aryl methyl sites for hydroxylation is 1. The van der Waals surface area contributed by atoms with E-state index in [2.05, 4.69) is 5.32 Å². The molecule has 4 nitrogen and oxygen atoms in total. The Morgan fingerprint density at radius 2 is 1.78 bits per heavy atom. The monoisotopic (exact) mass is 511 g/mol. The van der Waals surface area contributed by atoms with Crippen molar-refractivity contribution in [3.8, 4) is 5.69 Å². The van der Waals surface area contributed by atoms with Gasteiger partial charge in [-0.25, -0.2) is 0 Å². The Morgan fingerprint density at radius 1 is 1.08 bits per heavy atom. The summed E-state index contributed by atoms with van der Waals surface area (Å²) in [5.41, 5.74) is 3.55. The molecule has 1 aromatic heterocycles. The third kappa shape index (κ3) is 6.38. The summed E-state index contributed by atoms with van der Waals surface area (Å²) in [6.07, 6.45) is 6.18. The lowest BCUT2D eigenvalue weighted by molar-refractivity contribution is -0.137. The van der Waals surface area contributed by atoms with Crippen molar-refractivity contribution in [3.63, 3.8) is 0 Å². The number of halogens is 3. The summed E-state index contributed by atoms with van der Waals surface area (Å²) in [7, 11) is 1.81. The van der Waals surface area contributed by atoms with Crippen molar-refractivity contribution in [1.29, 1.82) is 0 Å². The second kappa shape index (κ2) is 11.4. The van der Waals surface area contributed by atoms with Gasteiger partial charge in [0, 0.05) is 42.9 Å². The maximum atomic E-state index is 13.3. The number of benzene rings is 2. The second-order valence-corrected chi connectivity index (χ2v) is 10.2. The van der Waals surface area contributed by atoms with E-state index in [-0.39, 0.29) is 11.9 Å². The van der Waals surface area contributed by atoms with E-state index in [1.165, 1.54) is 31.4 Å². The lowest BCUT2D eigenvalue weighted by Gasteiger charge is -2.32. The van der Waals surface area contributed by atoms with Crippen molar-refractivity contribution in [2.75, 3.05) is 18.9 Å². The minimum Gasteiger partial charge on any atom is -0.378 e. The Bertz CT molecular complexity index is 1190. The van der Waals surface area contributed by atoms with E-state index in [1.54, 1.807) is 15.5 Å². The Kier molecular flexibility index (Phi) is 8.30. The first-order valence-corrected chi connectivity index (χ1v) is 13.2. The topological polar surface area (TPSA) is 37.3 Å². The summed E-state index contributed by atoms with van der Waals surface area (Å²) >= 11 is 0. The number of aromatic nitrogens is 1. The zero-order chi connectivity index (χ0) is 26.6. The van der Waals surface area contributed by atoms with E-state index in [1.807, 2.05) is 57.6 Å². The molecule has 7 heteroatoms. The summed E-state index contributed by atoms with van der Waals surface area (Å²) in [4.78, 5) is 14.4. The van der Waals surface area contributed by atoms with Crippen LogP contribution in [0.3, 0.4) is 0 Å². The van der Waals surface area contributed by atoms with Crippen molar-refractivity contribution in [3.05, 3.63) is 83.2 Å². The molecule has 3 aromatic rings. The number of rotatable bonds is 8. The summed E-state index contributed by atoms with van der Waals surface area (Å²) in [6, 6.07) is 13.1. The molecular weight excluding hydrogens is 475 g/mol. The number of hydrogen-bond acceptors (Lipinski definition) is 2. The van der Waals surface area contributed by atoms with Gasteiger partial charge in [0.2, 0.25) is 0 Å². The van der Waals surface area contributed by atoms with Crippen molar-refractivity contribution >= 4 is 11.6 Å². The van der Waals surface area contributed by atoms with Crippen LogP contribution in [0.25, 0.3) is 5.69 Å². The number of carbonyl (C=O) groups excluding carboxylic acids is 1. The molecule has 0 saturated heterocycles. The summed E-state index contributed by atoms with van der Waals surface area (Å²) < 4.78 is 41.7. The highest BCUT2D eigenvalue weighted by molar-refractivity contribution is 5.94. The fraction of sp³-hybridized carbons (Fsp3) is 0.433. The van der Waals surface area contributed by atoms with Gasteiger partial charge in [-0.1, -0.05) is 32.3 Å². The third-order valence-corrected chi connectivity index (χ3v) is 7.35. The maximum absolute atomic E-state index is 13.3. The molecule has 1 atom stereocenters. The van der Waals surface area contributed by atoms with Gasteiger partial charge in [0.05, 0.1) is 11.6 Å². The molecule has 1 N–H and O–H groups in total. The highest BCUT2D eigenvalue weighted by atomic mass is 19.4. The molecule has 1 aliphatic carbocycles. The van der Waals surface area contributed by atoms with Gasteiger partial charge in [-0.2, -0.15) is 13.2 Å². The first-order valence-electron chi connectivity index (χ1n) is 13.2. The lowest BCUT2D eigenvalue weighted by Crippen LogP contribution is -2.27. The highest BCUT2D eigenvalue weighted by Gasteiger charge is 2.31. The van der Waals surface area contributed by atoms with Crippen LogP contribution in [0.15, 0.2) is 60.9 Å². The van der Waals surface area contributed by atoms with Crippen LogP contribution in [0.5, 0.6) is 0 Å². The molecule has 2 aromatic carbocycles. The van der Waals surface area contributed by atoms with Gasteiger partial charge < -0.3 is 14.8 Å².